The van der Waals surface area contributed by atoms with Crippen LogP contribution in [0.1, 0.15) is 49.9 Å². The van der Waals surface area contributed by atoms with Crippen LogP contribution in [0.5, 0.6) is 0 Å². The standard InChI is InChI=1S/C47H35N/c1-46(2)36-22-10-7-17-30(36)42-33(20-13-24-38(42)46)41-28-15-5-6-16-29(28)44(45-32-19-9-12-26-40(32)48-27-35(41)45)34-21-14-25-39-43(34)31-18-8-11-23-37(31)47(39,3)4/h5-27H,1-4H3. The Bertz CT molecular complexity index is 2670. The lowest BCUT2D eigenvalue weighted by Crippen LogP contribution is -2.14. The first-order valence-electron chi connectivity index (χ1n) is 17.1. The maximum atomic E-state index is 5.14. The van der Waals surface area contributed by atoms with E-state index in [1.165, 1.54) is 93.7 Å². The Labute approximate surface area is 281 Å². The zero-order valence-electron chi connectivity index (χ0n) is 27.7. The topological polar surface area (TPSA) is 12.9 Å². The van der Waals surface area contributed by atoms with Crippen LogP contribution >= 0.6 is 0 Å². The molecule has 0 saturated carbocycles. The molecule has 1 heteroatoms. The van der Waals surface area contributed by atoms with Gasteiger partial charge in [-0.1, -0.05) is 155 Å². The number of para-hydroxylation sites is 1. The van der Waals surface area contributed by atoms with Gasteiger partial charge in [-0.2, -0.15) is 0 Å². The summed E-state index contributed by atoms with van der Waals surface area (Å²) in [6.07, 6.45) is 2.15. The van der Waals surface area contributed by atoms with Crippen LogP contribution in [0.2, 0.25) is 0 Å². The van der Waals surface area contributed by atoms with E-state index < -0.39 is 0 Å². The molecule has 2 aliphatic rings. The molecular formula is C47H35N. The van der Waals surface area contributed by atoms with Crippen molar-refractivity contribution in [2.24, 2.45) is 0 Å². The summed E-state index contributed by atoms with van der Waals surface area (Å²) in [5.41, 5.74) is 16.9. The van der Waals surface area contributed by atoms with E-state index in [9.17, 15) is 0 Å². The smallest absolute Gasteiger partial charge is 0.0708 e. The third kappa shape index (κ3) is 3.44. The van der Waals surface area contributed by atoms with E-state index in [1.54, 1.807) is 0 Å². The summed E-state index contributed by atoms with van der Waals surface area (Å²) in [7, 11) is 0. The Morgan fingerprint density at radius 3 is 1.40 bits per heavy atom. The van der Waals surface area contributed by atoms with Crippen LogP contribution in [-0.4, -0.2) is 4.98 Å². The van der Waals surface area contributed by atoms with Crippen LogP contribution in [0.4, 0.5) is 0 Å². The van der Waals surface area contributed by atoms with Gasteiger partial charge in [0, 0.05) is 33.2 Å². The third-order valence-electron chi connectivity index (χ3n) is 11.5. The second-order valence-electron chi connectivity index (χ2n) is 14.7. The summed E-state index contributed by atoms with van der Waals surface area (Å²) in [6, 6.07) is 49.6. The van der Waals surface area contributed by atoms with Crippen molar-refractivity contribution in [3.05, 3.63) is 162 Å². The number of benzene rings is 7. The number of hydrogen-bond donors (Lipinski definition) is 0. The van der Waals surface area contributed by atoms with Crippen molar-refractivity contribution in [2.45, 2.75) is 38.5 Å². The predicted octanol–water partition coefficient (Wildman–Crippen LogP) is 12.5. The van der Waals surface area contributed by atoms with E-state index in [2.05, 4.69) is 167 Å². The molecule has 0 fully saturated rings. The zero-order valence-corrected chi connectivity index (χ0v) is 27.7. The molecule has 1 aromatic heterocycles. The monoisotopic (exact) mass is 613 g/mol. The minimum Gasteiger partial charge on any atom is -0.256 e. The average molecular weight is 614 g/mol. The van der Waals surface area contributed by atoms with Gasteiger partial charge in [0.1, 0.15) is 0 Å². The summed E-state index contributed by atoms with van der Waals surface area (Å²) < 4.78 is 0. The molecule has 2 aliphatic carbocycles. The van der Waals surface area contributed by atoms with Crippen molar-refractivity contribution in [3.63, 3.8) is 0 Å². The van der Waals surface area contributed by atoms with Crippen LogP contribution in [0, 0.1) is 0 Å². The van der Waals surface area contributed by atoms with Crippen molar-refractivity contribution in [2.75, 3.05) is 0 Å². The maximum Gasteiger partial charge on any atom is 0.0708 e. The average Bonchev–Trinajstić information content (AvgIpc) is 3.50. The number of rotatable bonds is 2. The molecule has 0 atom stereocenters. The van der Waals surface area contributed by atoms with Crippen molar-refractivity contribution in [1.29, 1.82) is 0 Å². The molecule has 8 aromatic rings. The molecule has 0 aliphatic heterocycles. The van der Waals surface area contributed by atoms with E-state index >= 15 is 0 Å². The quantitative estimate of drug-likeness (QED) is 0.140. The van der Waals surface area contributed by atoms with Gasteiger partial charge < -0.3 is 0 Å². The van der Waals surface area contributed by atoms with Gasteiger partial charge >= 0.3 is 0 Å². The first kappa shape index (κ1) is 27.6. The van der Waals surface area contributed by atoms with Crippen LogP contribution in [0.25, 0.3) is 77.0 Å². The SMILES string of the molecule is CC1(C)c2ccccc2-c2c(-c3c4ccccc4c(-c4cccc5c4-c4ccccc4C5(C)C)c4c3cnc3ccccc34)cccc21. The molecule has 0 unspecified atom stereocenters. The Kier molecular flexibility index (Phi) is 5.47. The Hall–Kier alpha value is -5.53. The van der Waals surface area contributed by atoms with Crippen LogP contribution < -0.4 is 0 Å². The van der Waals surface area contributed by atoms with Crippen molar-refractivity contribution in [3.8, 4) is 44.5 Å². The summed E-state index contributed by atoms with van der Waals surface area (Å²) in [5.74, 6) is 0. The fourth-order valence-electron chi connectivity index (χ4n) is 9.29. The molecule has 228 valence electrons. The number of pyridine rings is 1. The number of hydrogen-bond acceptors (Lipinski definition) is 1. The van der Waals surface area contributed by atoms with E-state index in [4.69, 9.17) is 4.98 Å². The number of aromatic nitrogens is 1. The van der Waals surface area contributed by atoms with Crippen molar-refractivity contribution in [1.82, 2.24) is 4.98 Å². The summed E-state index contributed by atoms with van der Waals surface area (Å²) in [5, 5.41) is 6.19. The van der Waals surface area contributed by atoms with E-state index in [0.29, 0.717) is 0 Å². The molecule has 0 spiro atoms. The predicted molar refractivity (Wildman–Crippen MR) is 203 cm³/mol. The van der Waals surface area contributed by atoms with Crippen molar-refractivity contribution < 1.29 is 0 Å². The van der Waals surface area contributed by atoms with Gasteiger partial charge in [0.2, 0.25) is 0 Å². The molecule has 1 heterocycles. The lowest BCUT2D eigenvalue weighted by molar-refractivity contribution is 0.660. The second-order valence-corrected chi connectivity index (χ2v) is 14.7. The first-order valence-corrected chi connectivity index (χ1v) is 17.1. The summed E-state index contributed by atoms with van der Waals surface area (Å²) in [4.78, 5) is 5.14. The highest BCUT2D eigenvalue weighted by Gasteiger charge is 2.39. The van der Waals surface area contributed by atoms with E-state index in [0.717, 1.165) is 5.52 Å². The van der Waals surface area contributed by atoms with Crippen LogP contribution in [-0.2, 0) is 10.8 Å². The van der Waals surface area contributed by atoms with Crippen molar-refractivity contribution >= 4 is 32.4 Å². The molecule has 0 radical (unpaired) electrons. The molecule has 1 nitrogen and oxygen atoms in total. The van der Waals surface area contributed by atoms with E-state index in [1.807, 2.05) is 0 Å². The van der Waals surface area contributed by atoms with Gasteiger partial charge in [-0.3, -0.25) is 4.98 Å². The number of fused-ring (bicyclic) bond motifs is 10. The lowest BCUT2D eigenvalue weighted by Gasteiger charge is -2.24. The highest BCUT2D eigenvalue weighted by Crippen LogP contribution is 2.57. The summed E-state index contributed by atoms with van der Waals surface area (Å²) >= 11 is 0. The van der Waals surface area contributed by atoms with Crippen LogP contribution in [0.15, 0.2) is 140 Å². The normalized spacial score (nSPS) is 15.0. The van der Waals surface area contributed by atoms with Crippen LogP contribution in [0.3, 0.4) is 0 Å². The van der Waals surface area contributed by atoms with Gasteiger partial charge in [0.15, 0.2) is 0 Å². The fourth-order valence-corrected chi connectivity index (χ4v) is 9.29. The zero-order chi connectivity index (χ0) is 32.4. The minimum atomic E-state index is -0.0815. The third-order valence-corrected chi connectivity index (χ3v) is 11.5. The molecular weight excluding hydrogens is 579 g/mol. The minimum absolute atomic E-state index is 0.0801. The van der Waals surface area contributed by atoms with Gasteiger partial charge in [-0.05, 0) is 83.6 Å². The molecule has 10 rings (SSSR count). The Morgan fingerprint density at radius 1 is 0.354 bits per heavy atom. The fraction of sp³-hybridized carbons (Fsp3) is 0.128. The largest absolute Gasteiger partial charge is 0.256 e. The van der Waals surface area contributed by atoms with Gasteiger partial charge in [0.05, 0.1) is 5.52 Å². The maximum absolute atomic E-state index is 5.14. The molecule has 48 heavy (non-hydrogen) atoms. The Balaban J connectivity index is 1.42. The second kappa shape index (κ2) is 9.52. The molecule has 0 amide bonds. The number of nitrogens with zero attached hydrogens (tertiary/aromatic N) is 1. The molecule has 7 aromatic carbocycles. The van der Waals surface area contributed by atoms with Gasteiger partial charge in [0.25, 0.3) is 0 Å². The van der Waals surface area contributed by atoms with E-state index in [-0.39, 0.29) is 10.8 Å². The highest BCUT2D eigenvalue weighted by atomic mass is 14.7. The molecule has 0 N–H and O–H groups in total. The van der Waals surface area contributed by atoms with Gasteiger partial charge in [-0.15, -0.1) is 0 Å². The summed E-state index contributed by atoms with van der Waals surface area (Å²) in [6.45, 7) is 9.47. The molecule has 0 bridgehead atoms. The lowest BCUT2D eigenvalue weighted by atomic mass is 9.79. The molecule has 0 saturated heterocycles. The van der Waals surface area contributed by atoms with Gasteiger partial charge in [-0.25, -0.2) is 0 Å². The first-order chi connectivity index (χ1) is 23.4. The Morgan fingerprint density at radius 2 is 0.792 bits per heavy atom. The highest BCUT2D eigenvalue weighted by molar-refractivity contribution is 6.29.